The molecule has 3 aromatic rings. The smallest absolute Gasteiger partial charge is 0.224 e. The van der Waals surface area contributed by atoms with Gasteiger partial charge < -0.3 is 9.64 Å². The number of carbonyl (C=O) groups excluding carboxylic acids is 1. The van der Waals surface area contributed by atoms with Crippen molar-refractivity contribution in [2.45, 2.75) is 24.4 Å². The second-order valence-electron chi connectivity index (χ2n) is 6.58. The van der Waals surface area contributed by atoms with Crippen LogP contribution in [0.25, 0.3) is 11.4 Å². The summed E-state index contributed by atoms with van der Waals surface area (Å²) in [5, 5.41) is 7.15. The molecule has 29 heavy (non-hydrogen) atoms. The molecule has 2 aromatic carbocycles. The molecule has 0 fully saturated rings. The van der Waals surface area contributed by atoms with E-state index in [4.69, 9.17) is 17.0 Å². The van der Waals surface area contributed by atoms with Gasteiger partial charge in [0.15, 0.2) is 10.6 Å². The van der Waals surface area contributed by atoms with Crippen molar-refractivity contribution in [2.24, 2.45) is 0 Å². The van der Waals surface area contributed by atoms with Gasteiger partial charge in [0.2, 0.25) is 5.91 Å². The number of aromatic nitrogens is 3. The van der Waals surface area contributed by atoms with Gasteiger partial charge in [-0.2, -0.15) is 5.10 Å². The van der Waals surface area contributed by atoms with Gasteiger partial charge in [0.05, 0.1) is 7.11 Å². The molecule has 1 aromatic heterocycles. The van der Waals surface area contributed by atoms with Crippen LogP contribution in [0.15, 0.2) is 53.4 Å². The van der Waals surface area contributed by atoms with Gasteiger partial charge in [-0.15, -0.1) is 11.8 Å². The van der Waals surface area contributed by atoms with Crippen LogP contribution in [0.5, 0.6) is 5.75 Å². The Morgan fingerprint density at radius 1 is 1.21 bits per heavy atom. The van der Waals surface area contributed by atoms with Gasteiger partial charge in [-0.3, -0.25) is 14.5 Å². The number of amides is 1. The summed E-state index contributed by atoms with van der Waals surface area (Å²) < 4.78 is 7.56. The number of nitrogens with zero attached hydrogens (tertiary/aromatic N) is 3. The number of hydrogen-bond acceptors (Lipinski definition) is 5. The van der Waals surface area contributed by atoms with Gasteiger partial charge in [0, 0.05) is 37.0 Å². The molecule has 3 rings (SSSR count). The molecule has 0 bridgehead atoms. The predicted octanol–water partition coefficient (Wildman–Crippen LogP) is 4.39. The van der Waals surface area contributed by atoms with Crippen LogP contribution in [-0.2, 0) is 17.9 Å². The Bertz CT molecular complexity index is 1010. The minimum Gasteiger partial charge on any atom is -0.497 e. The van der Waals surface area contributed by atoms with Crippen molar-refractivity contribution in [1.82, 2.24) is 19.7 Å². The van der Waals surface area contributed by atoms with Crippen molar-refractivity contribution in [3.05, 3.63) is 58.9 Å². The Labute approximate surface area is 179 Å². The number of nitrogens with one attached hydrogen (secondary N) is 1. The van der Waals surface area contributed by atoms with E-state index in [-0.39, 0.29) is 5.91 Å². The molecular weight excluding hydrogens is 404 g/mol. The molecule has 0 saturated heterocycles. The molecule has 0 radical (unpaired) electrons. The highest BCUT2D eigenvalue weighted by Crippen LogP contribution is 2.21. The second-order valence-corrected chi connectivity index (χ2v) is 7.85. The van der Waals surface area contributed by atoms with Crippen LogP contribution >= 0.6 is 24.0 Å². The standard InChI is InChI=1S/C21H24N4O2S2/c1-24(14-15-4-10-18(29-3)11-5-15)19(26)12-13-25-20(22-23-21(25)28)16-6-8-17(27-2)9-7-16/h4-11H,12-14H2,1-3H3,(H,23,28). The van der Waals surface area contributed by atoms with Gasteiger partial charge >= 0.3 is 0 Å². The van der Waals surface area contributed by atoms with Crippen molar-refractivity contribution in [2.75, 3.05) is 20.4 Å². The number of H-pyrrole nitrogens is 1. The van der Waals surface area contributed by atoms with Crippen LogP contribution in [0.4, 0.5) is 0 Å². The Kier molecular flexibility index (Phi) is 7.11. The molecule has 0 spiro atoms. The van der Waals surface area contributed by atoms with E-state index in [0.29, 0.717) is 30.1 Å². The number of ether oxygens (including phenoxy) is 1. The molecule has 0 aliphatic rings. The van der Waals surface area contributed by atoms with Crippen molar-refractivity contribution in [3.63, 3.8) is 0 Å². The lowest BCUT2D eigenvalue weighted by atomic mass is 10.2. The summed E-state index contributed by atoms with van der Waals surface area (Å²) in [5.41, 5.74) is 2.02. The zero-order valence-corrected chi connectivity index (χ0v) is 18.3. The second kappa shape index (κ2) is 9.76. The molecule has 0 aliphatic heterocycles. The lowest BCUT2D eigenvalue weighted by molar-refractivity contribution is -0.130. The molecule has 8 heteroatoms. The zero-order chi connectivity index (χ0) is 20.8. The van der Waals surface area contributed by atoms with E-state index < -0.39 is 0 Å². The van der Waals surface area contributed by atoms with E-state index in [1.807, 2.05) is 42.1 Å². The highest BCUT2D eigenvalue weighted by molar-refractivity contribution is 7.98. The average molecular weight is 429 g/mol. The number of thioether (sulfide) groups is 1. The maximum atomic E-state index is 12.6. The van der Waals surface area contributed by atoms with Crippen molar-refractivity contribution in [3.8, 4) is 17.1 Å². The van der Waals surface area contributed by atoms with E-state index in [2.05, 4.69) is 34.5 Å². The Morgan fingerprint density at radius 2 is 1.90 bits per heavy atom. The average Bonchev–Trinajstić information content (AvgIpc) is 3.12. The first kappa shape index (κ1) is 21.1. The Morgan fingerprint density at radius 3 is 2.52 bits per heavy atom. The third-order valence-corrected chi connectivity index (χ3v) is 5.72. The maximum absolute atomic E-state index is 12.6. The summed E-state index contributed by atoms with van der Waals surface area (Å²) in [6, 6.07) is 15.9. The number of aromatic amines is 1. The SMILES string of the molecule is COc1ccc(-c2n[nH]c(=S)n2CCC(=O)N(C)Cc2ccc(SC)cc2)cc1. The summed E-state index contributed by atoms with van der Waals surface area (Å²) in [6.07, 6.45) is 2.39. The van der Waals surface area contributed by atoms with Gasteiger partial charge in [-0.25, -0.2) is 0 Å². The van der Waals surface area contributed by atoms with Crippen molar-refractivity contribution in [1.29, 1.82) is 0 Å². The first-order valence-corrected chi connectivity index (χ1v) is 10.8. The molecule has 1 heterocycles. The molecule has 0 saturated carbocycles. The van der Waals surface area contributed by atoms with Crippen LogP contribution < -0.4 is 4.74 Å². The van der Waals surface area contributed by atoms with Gasteiger partial charge in [-0.1, -0.05) is 12.1 Å². The largest absolute Gasteiger partial charge is 0.497 e. The van der Waals surface area contributed by atoms with Crippen LogP contribution in [-0.4, -0.2) is 46.0 Å². The fraction of sp³-hybridized carbons (Fsp3) is 0.286. The summed E-state index contributed by atoms with van der Waals surface area (Å²) in [5.74, 6) is 1.54. The topological polar surface area (TPSA) is 63.1 Å². The monoisotopic (exact) mass is 428 g/mol. The molecular formula is C21H24N4O2S2. The zero-order valence-electron chi connectivity index (χ0n) is 16.7. The molecule has 6 nitrogen and oxygen atoms in total. The van der Waals surface area contributed by atoms with Crippen molar-refractivity contribution < 1.29 is 9.53 Å². The van der Waals surface area contributed by atoms with Crippen LogP contribution in [0.1, 0.15) is 12.0 Å². The van der Waals surface area contributed by atoms with E-state index in [1.54, 1.807) is 23.8 Å². The van der Waals surface area contributed by atoms with E-state index >= 15 is 0 Å². The summed E-state index contributed by atoms with van der Waals surface area (Å²) in [4.78, 5) is 15.6. The highest BCUT2D eigenvalue weighted by atomic mass is 32.2. The molecule has 0 unspecified atom stereocenters. The van der Waals surface area contributed by atoms with E-state index in [1.165, 1.54) is 4.90 Å². The van der Waals surface area contributed by atoms with Crippen molar-refractivity contribution >= 4 is 29.9 Å². The Hall–Kier alpha value is -2.58. The fourth-order valence-corrected chi connectivity index (χ4v) is 3.61. The highest BCUT2D eigenvalue weighted by Gasteiger charge is 2.13. The minimum atomic E-state index is 0.0581. The number of hydrogen-bond donors (Lipinski definition) is 1. The Balaban J connectivity index is 1.65. The lowest BCUT2D eigenvalue weighted by Crippen LogP contribution is -2.27. The third-order valence-electron chi connectivity index (χ3n) is 4.66. The number of rotatable bonds is 8. The number of benzene rings is 2. The van der Waals surface area contributed by atoms with Gasteiger partial charge in [-0.05, 0) is 60.4 Å². The maximum Gasteiger partial charge on any atom is 0.224 e. The summed E-state index contributed by atoms with van der Waals surface area (Å²) in [7, 11) is 3.45. The number of carbonyl (C=O) groups is 1. The van der Waals surface area contributed by atoms with E-state index in [9.17, 15) is 4.79 Å². The lowest BCUT2D eigenvalue weighted by Gasteiger charge is -2.18. The van der Waals surface area contributed by atoms with E-state index in [0.717, 1.165) is 16.9 Å². The predicted molar refractivity (Wildman–Crippen MR) is 119 cm³/mol. The van der Waals surface area contributed by atoms with Crippen LogP contribution in [0.2, 0.25) is 0 Å². The first-order chi connectivity index (χ1) is 14.0. The van der Waals surface area contributed by atoms with Gasteiger partial charge in [0.1, 0.15) is 5.75 Å². The first-order valence-electron chi connectivity index (χ1n) is 9.18. The quantitative estimate of drug-likeness (QED) is 0.426. The summed E-state index contributed by atoms with van der Waals surface area (Å²) in [6.45, 7) is 1.04. The van der Waals surface area contributed by atoms with Crippen LogP contribution in [0, 0.1) is 4.77 Å². The molecule has 0 aliphatic carbocycles. The van der Waals surface area contributed by atoms with Gasteiger partial charge in [0.25, 0.3) is 0 Å². The van der Waals surface area contributed by atoms with Crippen LogP contribution in [0.3, 0.4) is 0 Å². The molecule has 1 N–H and O–H groups in total. The normalized spacial score (nSPS) is 10.7. The summed E-state index contributed by atoms with van der Waals surface area (Å²) >= 11 is 7.06. The molecule has 152 valence electrons. The third kappa shape index (κ3) is 5.27. The minimum absolute atomic E-state index is 0.0581. The fourth-order valence-electron chi connectivity index (χ4n) is 2.98. The molecule has 0 atom stereocenters. The molecule has 1 amide bonds. The number of methoxy groups -OCH3 is 1.